The summed E-state index contributed by atoms with van der Waals surface area (Å²) in [7, 11) is 0. The lowest BCUT2D eigenvalue weighted by Crippen LogP contribution is -2.20. The fourth-order valence-electron chi connectivity index (χ4n) is 2.08. The van der Waals surface area contributed by atoms with Crippen LogP contribution < -0.4 is 5.73 Å². The molecule has 0 fully saturated rings. The number of thioether (sulfide) groups is 1. The van der Waals surface area contributed by atoms with Gasteiger partial charge in [-0.25, -0.2) is 0 Å². The first-order valence-corrected chi connectivity index (χ1v) is 8.03. The summed E-state index contributed by atoms with van der Waals surface area (Å²) in [6.45, 7) is 6.25. The normalized spacial score (nSPS) is 12.9. The lowest BCUT2D eigenvalue weighted by Gasteiger charge is -2.17. The summed E-state index contributed by atoms with van der Waals surface area (Å²) in [5.74, 6) is 0.779. The molecule has 1 unspecified atom stereocenters. The maximum absolute atomic E-state index is 6.30. The first-order valence-electron chi connectivity index (χ1n) is 6.67. The standard InChI is InChI=1S/C15H20ClN3S/c1-10(2)19-15(13(16)8-18-19)14(17)9-20-12-6-4-5-11(3)7-12/h4-8,10,14H,9,17H2,1-3H3. The van der Waals surface area contributed by atoms with Gasteiger partial charge in [0, 0.05) is 16.7 Å². The summed E-state index contributed by atoms with van der Waals surface area (Å²) in [6.07, 6.45) is 1.67. The third-order valence-corrected chi connectivity index (χ3v) is 4.45. The second-order valence-electron chi connectivity index (χ2n) is 5.15. The number of hydrogen-bond acceptors (Lipinski definition) is 3. The van der Waals surface area contributed by atoms with E-state index in [4.69, 9.17) is 17.3 Å². The Morgan fingerprint density at radius 1 is 1.40 bits per heavy atom. The van der Waals surface area contributed by atoms with Crippen LogP contribution in [0.3, 0.4) is 0 Å². The summed E-state index contributed by atoms with van der Waals surface area (Å²) in [5, 5.41) is 4.95. The SMILES string of the molecule is Cc1cccc(SCC(N)c2c(Cl)cnn2C(C)C)c1. The van der Waals surface area contributed by atoms with Crippen LogP contribution in [-0.2, 0) is 0 Å². The van der Waals surface area contributed by atoms with Crippen LogP contribution in [0.5, 0.6) is 0 Å². The van der Waals surface area contributed by atoms with E-state index in [2.05, 4.69) is 50.1 Å². The molecule has 2 N–H and O–H groups in total. The van der Waals surface area contributed by atoms with Crippen LogP contribution in [0.2, 0.25) is 5.02 Å². The van der Waals surface area contributed by atoms with Crippen LogP contribution in [0.1, 0.15) is 37.2 Å². The maximum Gasteiger partial charge on any atom is 0.0834 e. The molecule has 0 saturated carbocycles. The van der Waals surface area contributed by atoms with Crippen molar-refractivity contribution in [2.24, 2.45) is 5.73 Å². The molecule has 20 heavy (non-hydrogen) atoms. The van der Waals surface area contributed by atoms with Gasteiger partial charge >= 0.3 is 0 Å². The molecule has 2 rings (SSSR count). The van der Waals surface area contributed by atoms with Gasteiger partial charge in [-0.3, -0.25) is 4.68 Å². The van der Waals surface area contributed by atoms with Crippen LogP contribution in [0.4, 0.5) is 0 Å². The van der Waals surface area contributed by atoms with Crippen LogP contribution >= 0.6 is 23.4 Å². The molecule has 2 aromatic rings. The Bertz CT molecular complexity index is 580. The Labute approximate surface area is 129 Å². The first-order chi connectivity index (χ1) is 9.49. The summed E-state index contributed by atoms with van der Waals surface area (Å²) < 4.78 is 1.91. The molecule has 1 aromatic heterocycles. The van der Waals surface area contributed by atoms with E-state index >= 15 is 0 Å². The third kappa shape index (κ3) is 3.57. The summed E-state index contributed by atoms with van der Waals surface area (Å²) in [5.41, 5.74) is 8.48. The molecule has 0 saturated heterocycles. The van der Waals surface area contributed by atoms with Gasteiger partial charge in [-0.1, -0.05) is 29.3 Å². The van der Waals surface area contributed by atoms with Crippen molar-refractivity contribution in [3.8, 4) is 0 Å². The molecule has 0 radical (unpaired) electrons. The van der Waals surface area contributed by atoms with Crippen molar-refractivity contribution in [1.29, 1.82) is 0 Å². The van der Waals surface area contributed by atoms with Crippen molar-refractivity contribution >= 4 is 23.4 Å². The van der Waals surface area contributed by atoms with Crippen molar-refractivity contribution < 1.29 is 0 Å². The smallest absolute Gasteiger partial charge is 0.0834 e. The number of hydrogen-bond donors (Lipinski definition) is 1. The van der Waals surface area contributed by atoms with Gasteiger partial charge in [-0.05, 0) is 32.9 Å². The van der Waals surface area contributed by atoms with E-state index in [0.717, 1.165) is 11.4 Å². The lowest BCUT2D eigenvalue weighted by atomic mass is 10.2. The number of halogens is 1. The molecule has 3 nitrogen and oxygen atoms in total. The highest BCUT2D eigenvalue weighted by atomic mass is 35.5. The second-order valence-corrected chi connectivity index (χ2v) is 6.65. The minimum absolute atomic E-state index is 0.127. The molecule has 0 bridgehead atoms. The van der Waals surface area contributed by atoms with E-state index in [0.29, 0.717) is 5.02 Å². The number of nitrogens with zero attached hydrogens (tertiary/aromatic N) is 2. The highest BCUT2D eigenvalue weighted by Gasteiger charge is 2.18. The van der Waals surface area contributed by atoms with Gasteiger partial charge < -0.3 is 5.73 Å². The molecule has 0 aliphatic carbocycles. The predicted octanol–water partition coefficient (Wildman–Crippen LogP) is 4.22. The molecular weight excluding hydrogens is 290 g/mol. The summed E-state index contributed by atoms with van der Waals surface area (Å²) in [4.78, 5) is 1.23. The Balaban J connectivity index is 2.09. The molecule has 0 aliphatic heterocycles. The molecule has 108 valence electrons. The average Bonchev–Trinajstić information content (AvgIpc) is 2.78. The van der Waals surface area contributed by atoms with Gasteiger partial charge in [0.1, 0.15) is 0 Å². The van der Waals surface area contributed by atoms with E-state index in [1.165, 1.54) is 10.5 Å². The number of nitrogens with two attached hydrogens (primary N) is 1. The molecule has 0 aliphatic rings. The van der Waals surface area contributed by atoms with Gasteiger partial charge in [0.05, 0.1) is 23.0 Å². The molecule has 1 atom stereocenters. The monoisotopic (exact) mass is 309 g/mol. The first kappa shape index (κ1) is 15.4. The zero-order valence-electron chi connectivity index (χ0n) is 12.0. The molecule has 0 spiro atoms. The molecule has 1 aromatic carbocycles. The summed E-state index contributed by atoms with van der Waals surface area (Å²) >= 11 is 7.96. The van der Waals surface area contributed by atoms with Crippen molar-refractivity contribution in [2.75, 3.05) is 5.75 Å². The van der Waals surface area contributed by atoms with E-state index in [1.54, 1.807) is 18.0 Å². The van der Waals surface area contributed by atoms with Crippen molar-refractivity contribution in [1.82, 2.24) is 9.78 Å². The Morgan fingerprint density at radius 3 is 2.80 bits per heavy atom. The maximum atomic E-state index is 6.30. The molecule has 1 heterocycles. The Morgan fingerprint density at radius 2 is 2.15 bits per heavy atom. The van der Waals surface area contributed by atoms with Gasteiger partial charge in [0.25, 0.3) is 0 Å². The fraction of sp³-hybridized carbons (Fsp3) is 0.400. The van der Waals surface area contributed by atoms with Gasteiger partial charge in [0.15, 0.2) is 0 Å². The van der Waals surface area contributed by atoms with E-state index in [1.807, 2.05) is 4.68 Å². The van der Waals surface area contributed by atoms with Crippen LogP contribution in [0, 0.1) is 6.92 Å². The molecular formula is C15H20ClN3S. The van der Waals surface area contributed by atoms with Crippen molar-refractivity contribution in [2.45, 2.75) is 37.8 Å². The number of aryl methyl sites for hydroxylation is 1. The van der Waals surface area contributed by atoms with Gasteiger partial charge in [-0.15, -0.1) is 11.8 Å². The zero-order chi connectivity index (χ0) is 14.7. The van der Waals surface area contributed by atoms with Crippen LogP contribution in [0.25, 0.3) is 0 Å². The Kier molecular flexibility index (Phi) is 5.13. The van der Waals surface area contributed by atoms with E-state index in [-0.39, 0.29) is 12.1 Å². The van der Waals surface area contributed by atoms with E-state index in [9.17, 15) is 0 Å². The fourth-order valence-corrected chi connectivity index (χ4v) is 3.32. The van der Waals surface area contributed by atoms with Gasteiger partial charge in [-0.2, -0.15) is 5.10 Å². The van der Waals surface area contributed by atoms with Crippen molar-refractivity contribution in [3.05, 3.63) is 46.7 Å². The predicted molar refractivity (Wildman–Crippen MR) is 86.5 cm³/mol. The zero-order valence-corrected chi connectivity index (χ0v) is 13.6. The lowest BCUT2D eigenvalue weighted by molar-refractivity contribution is 0.495. The minimum Gasteiger partial charge on any atom is -0.322 e. The van der Waals surface area contributed by atoms with E-state index < -0.39 is 0 Å². The highest BCUT2D eigenvalue weighted by Crippen LogP contribution is 2.29. The minimum atomic E-state index is -0.127. The van der Waals surface area contributed by atoms with Crippen LogP contribution in [0.15, 0.2) is 35.4 Å². The summed E-state index contributed by atoms with van der Waals surface area (Å²) in [6, 6.07) is 8.55. The highest BCUT2D eigenvalue weighted by molar-refractivity contribution is 7.99. The molecule has 5 heteroatoms. The third-order valence-electron chi connectivity index (χ3n) is 3.05. The van der Waals surface area contributed by atoms with Crippen LogP contribution in [-0.4, -0.2) is 15.5 Å². The number of benzene rings is 1. The largest absolute Gasteiger partial charge is 0.322 e. The van der Waals surface area contributed by atoms with Gasteiger partial charge in [0.2, 0.25) is 0 Å². The second kappa shape index (κ2) is 6.66. The number of aromatic nitrogens is 2. The quantitative estimate of drug-likeness (QED) is 0.841. The topological polar surface area (TPSA) is 43.8 Å². The average molecular weight is 310 g/mol. The molecule has 0 amide bonds. The van der Waals surface area contributed by atoms with Crippen molar-refractivity contribution in [3.63, 3.8) is 0 Å². The Hall–Kier alpha value is -0.970. The number of rotatable bonds is 5.